The predicted molar refractivity (Wildman–Crippen MR) is 91.7 cm³/mol. The van der Waals surface area contributed by atoms with Crippen LogP contribution in [0.4, 0.5) is 5.69 Å². The van der Waals surface area contributed by atoms with Crippen LogP contribution in [0.3, 0.4) is 0 Å². The van der Waals surface area contributed by atoms with Crippen LogP contribution in [0.1, 0.15) is 0 Å². The average molecular weight is 374 g/mol. The largest absolute Gasteiger partial charge is 0.484 e. The number of benzene rings is 2. The number of rotatable bonds is 6. The maximum absolute atomic E-state index is 12.0. The van der Waals surface area contributed by atoms with E-state index in [-0.39, 0.29) is 11.5 Å². The van der Waals surface area contributed by atoms with Gasteiger partial charge in [0.15, 0.2) is 6.61 Å². The summed E-state index contributed by atoms with van der Waals surface area (Å²) in [7, 11) is -3.84. The van der Waals surface area contributed by atoms with E-state index >= 15 is 0 Å². The van der Waals surface area contributed by atoms with Crippen LogP contribution in [0, 0.1) is 0 Å². The van der Waals surface area contributed by atoms with Gasteiger partial charge in [-0.05, 0) is 42.5 Å². The number of nitrogens with two attached hydrogens (primary N) is 1. The Hall–Kier alpha value is -3.24. The van der Waals surface area contributed by atoms with E-state index in [0.29, 0.717) is 17.3 Å². The van der Waals surface area contributed by atoms with Crippen LogP contribution in [-0.2, 0) is 14.8 Å². The number of anilines is 1. The molecule has 0 bridgehead atoms. The molecule has 1 aromatic heterocycles. The van der Waals surface area contributed by atoms with E-state index in [1.54, 1.807) is 30.3 Å². The van der Waals surface area contributed by atoms with Gasteiger partial charge in [0.05, 0.1) is 4.90 Å². The third kappa shape index (κ3) is 4.43. The summed E-state index contributed by atoms with van der Waals surface area (Å²) in [6.45, 7) is -0.250. The predicted octanol–water partition coefficient (Wildman–Crippen LogP) is 1.40. The molecule has 1 heterocycles. The highest BCUT2D eigenvalue weighted by atomic mass is 32.2. The molecule has 9 nitrogen and oxygen atoms in total. The Kier molecular flexibility index (Phi) is 4.96. The molecule has 2 aromatic carbocycles. The second-order valence-corrected chi connectivity index (χ2v) is 6.74. The highest BCUT2D eigenvalue weighted by molar-refractivity contribution is 7.89. The molecule has 3 aromatic rings. The van der Waals surface area contributed by atoms with Crippen LogP contribution in [0.2, 0.25) is 0 Å². The van der Waals surface area contributed by atoms with E-state index in [1.807, 2.05) is 0 Å². The van der Waals surface area contributed by atoms with E-state index in [9.17, 15) is 13.2 Å². The fourth-order valence-electron chi connectivity index (χ4n) is 2.09. The number of primary sulfonamides is 1. The van der Waals surface area contributed by atoms with Gasteiger partial charge in [-0.1, -0.05) is 6.07 Å². The number of hydrogen-bond donors (Lipinski definition) is 2. The van der Waals surface area contributed by atoms with Crippen molar-refractivity contribution < 1.29 is 22.4 Å². The van der Waals surface area contributed by atoms with Crippen LogP contribution in [0.15, 0.2) is 64.2 Å². The lowest BCUT2D eigenvalue weighted by Crippen LogP contribution is -2.20. The summed E-state index contributed by atoms with van der Waals surface area (Å²) in [5.41, 5.74) is 1.02. The second kappa shape index (κ2) is 7.33. The number of aromatic nitrogens is 2. The quantitative estimate of drug-likeness (QED) is 0.665. The van der Waals surface area contributed by atoms with Crippen molar-refractivity contribution in [2.45, 2.75) is 4.90 Å². The van der Waals surface area contributed by atoms with Crippen LogP contribution in [0.5, 0.6) is 5.75 Å². The minimum atomic E-state index is -3.84. The van der Waals surface area contributed by atoms with E-state index in [1.165, 1.54) is 24.6 Å². The fraction of sp³-hybridized carbons (Fsp3) is 0.0625. The Labute approximate surface area is 148 Å². The van der Waals surface area contributed by atoms with E-state index in [4.69, 9.17) is 14.3 Å². The SMILES string of the molecule is NS(=O)(=O)c1cccc(NC(=O)COc2ccc(-c3nnco3)cc2)c1. The maximum atomic E-state index is 12.0. The van der Waals surface area contributed by atoms with Crippen LogP contribution in [-0.4, -0.2) is 31.1 Å². The van der Waals surface area contributed by atoms with Crippen molar-refractivity contribution in [1.82, 2.24) is 10.2 Å². The summed E-state index contributed by atoms with van der Waals surface area (Å²) < 4.78 is 33.1. The highest BCUT2D eigenvalue weighted by Crippen LogP contribution is 2.20. The van der Waals surface area contributed by atoms with Crippen LogP contribution >= 0.6 is 0 Å². The lowest BCUT2D eigenvalue weighted by Gasteiger charge is -2.08. The monoisotopic (exact) mass is 374 g/mol. The van der Waals surface area contributed by atoms with Crippen LogP contribution < -0.4 is 15.2 Å². The summed E-state index contributed by atoms with van der Waals surface area (Å²) in [6.07, 6.45) is 1.23. The first kappa shape index (κ1) is 17.6. The number of nitrogens with zero attached hydrogens (tertiary/aromatic N) is 2. The zero-order valence-corrected chi connectivity index (χ0v) is 14.1. The van der Waals surface area contributed by atoms with Gasteiger partial charge >= 0.3 is 0 Å². The second-order valence-electron chi connectivity index (χ2n) is 5.18. The van der Waals surface area contributed by atoms with Crippen molar-refractivity contribution in [2.24, 2.45) is 5.14 Å². The molecule has 0 atom stereocenters. The molecule has 134 valence electrons. The first-order chi connectivity index (χ1) is 12.4. The van der Waals surface area contributed by atoms with E-state index in [2.05, 4.69) is 15.5 Å². The molecule has 0 spiro atoms. The molecule has 10 heteroatoms. The molecule has 0 unspecified atom stereocenters. The standard InChI is InChI=1S/C16H14N4O5S/c17-26(22,23)14-3-1-2-12(8-14)19-15(21)9-24-13-6-4-11(5-7-13)16-20-18-10-25-16/h1-8,10H,9H2,(H,19,21)(H2,17,22,23). The third-order valence-corrected chi connectivity index (χ3v) is 4.19. The molecule has 0 saturated heterocycles. The number of amides is 1. The average Bonchev–Trinajstić information content (AvgIpc) is 3.14. The van der Waals surface area contributed by atoms with Crippen molar-refractivity contribution in [3.8, 4) is 17.2 Å². The lowest BCUT2D eigenvalue weighted by molar-refractivity contribution is -0.118. The molecule has 0 radical (unpaired) electrons. The Morgan fingerprint density at radius 3 is 2.62 bits per heavy atom. The summed E-state index contributed by atoms with van der Waals surface area (Å²) in [4.78, 5) is 11.9. The van der Waals surface area contributed by atoms with Crippen LogP contribution in [0.25, 0.3) is 11.5 Å². The smallest absolute Gasteiger partial charge is 0.262 e. The Balaban J connectivity index is 1.57. The molecule has 1 amide bonds. The summed E-state index contributed by atoms with van der Waals surface area (Å²) in [5, 5.41) is 15.0. The Bertz CT molecular complexity index is 1000. The fourth-order valence-corrected chi connectivity index (χ4v) is 2.65. The number of carbonyl (C=O) groups excluding carboxylic acids is 1. The van der Waals surface area contributed by atoms with Gasteiger partial charge in [-0.2, -0.15) is 0 Å². The summed E-state index contributed by atoms with van der Waals surface area (Å²) in [5.74, 6) is 0.406. The molecule has 0 aliphatic rings. The Morgan fingerprint density at radius 1 is 1.19 bits per heavy atom. The zero-order valence-electron chi connectivity index (χ0n) is 13.3. The highest BCUT2D eigenvalue weighted by Gasteiger charge is 2.10. The first-order valence-electron chi connectivity index (χ1n) is 7.34. The van der Waals surface area contributed by atoms with Gasteiger partial charge in [-0.15, -0.1) is 10.2 Å². The molecule has 0 fully saturated rings. The number of sulfonamides is 1. The number of hydrogen-bond acceptors (Lipinski definition) is 7. The first-order valence-corrected chi connectivity index (χ1v) is 8.88. The third-order valence-electron chi connectivity index (χ3n) is 3.28. The molecule has 0 aliphatic heterocycles. The Morgan fingerprint density at radius 2 is 1.96 bits per heavy atom. The molecule has 3 N–H and O–H groups in total. The molecule has 0 saturated carbocycles. The maximum Gasteiger partial charge on any atom is 0.262 e. The van der Waals surface area contributed by atoms with Gasteiger partial charge in [0.1, 0.15) is 5.75 Å². The zero-order chi connectivity index (χ0) is 18.6. The van der Waals surface area contributed by atoms with Gasteiger partial charge in [0.25, 0.3) is 5.91 Å². The number of ether oxygens (including phenoxy) is 1. The van der Waals surface area contributed by atoms with Gasteiger partial charge in [0, 0.05) is 11.3 Å². The summed E-state index contributed by atoms with van der Waals surface area (Å²) in [6, 6.07) is 12.4. The van der Waals surface area contributed by atoms with Gasteiger partial charge in [-0.25, -0.2) is 13.6 Å². The minimum Gasteiger partial charge on any atom is -0.484 e. The van der Waals surface area contributed by atoms with Crippen molar-refractivity contribution in [1.29, 1.82) is 0 Å². The molecular formula is C16H14N4O5S. The van der Waals surface area contributed by atoms with Crippen molar-refractivity contribution >= 4 is 21.6 Å². The molecule has 0 aliphatic carbocycles. The van der Waals surface area contributed by atoms with Gasteiger partial charge in [0.2, 0.25) is 22.3 Å². The number of nitrogens with one attached hydrogen (secondary N) is 1. The van der Waals surface area contributed by atoms with Crippen molar-refractivity contribution in [3.05, 3.63) is 54.9 Å². The normalized spacial score (nSPS) is 11.1. The lowest BCUT2D eigenvalue weighted by atomic mass is 10.2. The molecule has 26 heavy (non-hydrogen) atoms. The van der Waals surface area contributed by atoms with E-state index < -0.39 is 15.9 Å². The minimum absolute atomic E-state index is 0.0900. The number of carbonyl (C=O) groups is 1. The summed E-state index contributed by atoms with van der Waals surface area (Å²) >= 11 is 0. The van der Waals surface area contributed by atoms with Crippen molar-refractivity contribution in [2.75, 3.05) is 11.9 Å². The molecule has 3 rings (SSSR count). The van der Waals surface area contributed by atoms with E-state index in [0.717, 1.165) is 5.56 Å². The molecular weight excluding hydrogens is 360 g/mol. The van der Waals surface area contributed by atoms with Gasteiger partial charge in [-0.3, -0.25) is 4.79 Å². The topological polar surface area (TPSA) is 137 Å². The van der Waals surface area contributed by atoms with Gasteiger partial charge < -0.3 is 14.5 Å². The van der Waals surface area contributed by atoms with Crippen molar-refractivity contribution in [3.63, 3.8) is 0 Å².